The van der Waals surface area contributed by atoms with Crippen molar-refractivity contribution in [1.29, 1.82) is 0 Å². The molecule has 100 valence electrons. The highest BCUT2D eigenvalue weighted by Crippen LogP contribution is 2.22. The zero-order valence-electron chi connectivity index (χ0n) is 9.21. The Morgan fingerprint density at radius 1 is 1.44 bits per heavy atom. The molecule has 7 nitrogen and oxygen atoms in total. The minimum atomic E-state index is -3.55. The number of nitrogens with zero attached hydrogens (tertiary/aromatic N) is 1. The molecular weight excluding hydrogens is 267 g/mol. The smallest absolute Gasteiger partial charge is 0.305 e. The minimum absolute atomic E-state index is 0.0215. The Bertz CT molecular complexity index is 546. The maximum Gasteiger partial charge on any atom is 0.305 e. The number of hydrogen-bond acceptors (Lipinski definition) is 5. The van der Waals surface area contributed by atoms with Crippen molar-refractivity contribution in [2.24, 2.45) is 5.14 Å². The Morgan fingerprint density at radius 3 is 2.61 bits per heavy atom. The number of primary sulfonamides is 1. The average molecular weight is 278 g/mol. The lowest BCUT2D eigenvalue weighted by molar-refractivity contribution is -0.387. The number of sulfonamides is 1. The van der Waals surface area contributed by atoms with E-state index in [0.717, 1.165) is 12.1 Å². The summed E-state index contributed by atoms with van der Waals surface area (Å²) in [5, 5.41) is 15.1. The predicted octanol–water partition coefficient (Wildman–Crippen LogP) is 0.791. The van der Waals surface area contributed by atoms with Crippen LogP contribution in [0.15, 0.2) is 18.2 Å². The first-order chi connectivity index (χ1) is 8.29. The summed E-state index contributed by atoms with van der Waals surface area (Å²) < 4.78 is 39.4. The van der Waals surface area contributed by atoms with Gasteiger partial charge in [0.25, 0.3) is 0 Å². The zero-order chi connectivity index (χ0) is 13.8. The molecule has 0 saturated heterocycles. The van der Waals surface area contributed by atoms with Crippen LogP contribution in [-0.4, -0.2) is 25.7 Å². The van der Waals surface area contributed by atoms with Crippen LogP contribution in [0.4, 0.5) is 10.1 Å². The first kappa shape index (κ1) is 14.3. The van der Waals surface area contributed by atoms with Crippen LogP contribution in [0, 0.1) is 15.9 Å². The number of hydrogen-bond donors (Lipinski definition) is 1. The Labute approximate surface area is 103 Å². The number of ether oxygens (including phenoxy) is 1. The van der Waals surface area contributed by atoms with Gasteiger partial charge in [-0.2, -0.15) is 4.39 Å². The van der Waals surface area contributed by atoms with Gasteiger partial charge in [0.15, 0.2) is 0 Å². The van der Waals surface area contributed by atoms with Crippen LogP contribution in [0.25, 0.3) is 0 Å². The SMILES string of the molecule is NS(=O)(=O)CCCOc1ccc([N+](=O)[O-])c(F)c1. The molecular formula is C9H11FN2O5S. The maximum absolute atomic E-state index is 13.2. The lowest BCUT2D eigenvalue weighted by atomic mass is 10.3. The van der Waals surface area contributed by atoms with E-state index in [-0.39, 0.29) is 24.5 Å². The molecule has 0 spiro atoms. The van der Waals surface area contributed by atoms with Gasteiger partial charge >= 0.3 is 5.69 Å². The lowest BCUT2D eigenvalue weighted by Crippen LogP contribution is -2.18. The normalized spacial score (nSPS) is 11.2. The van der Waals surface area contributed by atoms with E-state index >= 15 is 0 Å². The summed E-state index contributed by atoms with van der Waals surface area (Å²) in [4.78, 5) is 9.50. The number of nitro groups is 1. The van der Waals surface area contributed by atoms with Crippen LogP contribution in [0.1, 0.15) is 6.42 Å². The van der Waals surface area contributed by atoms with Crippen LogP contribution < -0.4 is 9.88 Å². The monoisotopic (exact) mass is 278 g/mol. The third-order valence-electron chi connectivity index (χ3n) is 1.96. The van der Waals surface area contributed by atoms with Gasteiger partial charge in [-0.3, -0.25) is 10.1 Å². The van der Waals surface area contributed by atoms with Gasteiger partial charge in [-0.05, 0) is 12.5 Å². The third kappa shape index (κ3) is 4.63. The number of halogens is 1. The largest absolute Gasteiger partial charge is 0.493 e. The Hall–Kier alpha value is -1.74. The molecule has 0 aromatic heterocycles. The molecule has 1 aromatic carbocycles. The molecule has 0 amide bonds. The van der Waals surface area contributed by atoms with Crippen LogP contribution >= 0.6 is 0 Å². The third-order valence-corrected chi connectivity index (χ3v) is 2.82. The lowest BCUT2D eigenvalue weighted by Gasteiger charge is -2.05. The molecule has 18 heavy (non-hydrogen) atoms. The van der Waals surface area contributed by atoms with E-state index in [1.165, 1.54) is 6.07 Å². The van der Waals surface area contributed by atoms with Crippen molar-refractivity contribution in [2.75, 3.05) is 12.4 Å². The highest BCUT2D eigenvalue weighted by molar-refractivity contribution is 7.89. The van der Waals surface area contributed by atoms with Gasteiger partial charge < -0.3 is 4.74 Å². The van der Waals surface area contributed by atoms with Crippen LogP contribution in [0.5, 0.6) is 5.75 Å². The summed E-state index contributed by atoms with van der Waals surface area (Å²) in [6.45, 7) is 0.0215. The standard InChI is InChI=1S/C9H11FN2O5S/c10-8-6-7(2-3-9(8)12(13)14)17-4-1-5-18(11,15)16/h2-3,6H,1,4-5H2,(H2,11,15,16). The Kier molecular flexibility index (Phi) is 4.56. The molecule has 9 heteroatoms. The van der Waals surface area contributed by atoms with Crippen LogP contribution in [0.2, 0.25) is 0 Å². The summed E-state index contributed by atoms with van der Waals surface area (Å²) in [5.74, 6) is -1.17. The fourth-order valence-corrected chi connectivity index (χ4v) is 1.70. The summed E-state index contributed by atoms with van der Waals surface area (Å²) in [6.07, 6.45) is 0.150. The van der Waals surface area contributed by atoms with Crippen molar-refractivity contribution in [1.82, 2.24) is 0 Å². The molecule has 0 heterocycles. The summed E-state index contributed by atoms with van der Waals surface area (Å²) in [6, 6.07) is 3.08. The molecule has 1 rings (SSSR count). The van der Waals surface area contributed by atoms with E-state index < -0.39 is 26.5 Å². The molecule has 0 fully saturated rings. The van der Waals surface area contributed by atoms with E-state index in [0.29, 0.717) is 0 Å². The Balaban J connectivity index is 2.54. The number of nitrogens with two attached hydrogens (primary N) is 1. The summed E-state index contributed by atoms with van der Waals surface area (Å²) >= 11 is 0. The molecule has 0 atom stereocenters. The molecule has 0 unspecified atom stereocenters. The zero-order valence-corrected chi connectivity index (χ0v) is 10.0. The second-order valence-corrected chi connectivity index (χ2v) is 5.17. The first-order valence-electron chi connectivity index (χ1n) is 4.87. The summed E-state index contributed by atoms with van der Waals surface area (Å²) in [7, 11) is -3.55. The fourth-order valence-electron chi connectivity index (χ4n) is 1.18. The quantitative estimate of drug-likeness (QED) is 0.469. The van der Waals surface area contributed by atoms with E-state index in [4.69, 9.17) is 9.88 Å². The molecule has 0 aliphatic heterocycles. The maximum atomic E-state index is 13.2. The molecule has 0 saturated carbocycles. The van der Waals surface area contributed by atoms with Gasteiger partial charge in [-0.15, -0.1) is 0 Å². The van der Waals surface area contributed by atoms with Gasteiger partial charge in [0.1, 0.15) is 5.75 Å². The topological polar surface area (TPSA) is 113 Å². The van der Waals surface area contributed by atoms with Crippen molar-refractivity contribution in [2.45, 2.75) is 6.42 Å². The molecule has 0 radical (unpaired) electrons. The number of benzene rings is 1. The van der Waals surface area contributed by atoms with Crippen molar-refractivity contribution in [3.8, 4) is 5.75 Å². The predicted molar refractivity (Wildman–Crippen MR) is 61.1 cm³/mol. The highest BCUT2D eigenvalue weighted by atomic mass is 32.2. The second kappa shape index (κ2) is 5.74. The molecule has 2 N–H and O–H groups in total. The average Bonchev–Trinajstić information content (AvgIpc) is 2.22. The van der Waals surface area contributed by atoms with E-state index in [2.05, 4.69) is 0 Å². The highest BCUT2D eigenvalue weighted by Gasteiger charge is 2.14. The van der Waals surface area contributed by atoms with Gasteiger partial charge in [0, 0.05) is 12.1 Å². The van der Waals surface area contributed by atoms with E-state index in [9.17, 15) is 22.9 Å². The summed E-state index contributed by atoms with van der Waals surface area (Å²) in [5.41, 5.74) is -0.646. The van der Waals surface area contributed by atoms with Crippen molar-refractivity contribution >= 4 is 15.7 Å². The van der Waals surface area contributed by atoms with Crippen LogP contribution in [0.3, 0.4) is 0 Å². The molecule has 0 aliphatic rings. The van der Waals surface area contributed by atoms with Gasteiger partial charge in [0.2, 0.25) is 15.8 Å². The second-order valence-electron chi connectivity index (χ2n) is 3.44. The molecule has 0 bridgehead atoms. The Morgan fingerprint density at radius 2 is 2.11 bits per heavy atom. The van der Waals surface area contributed by atoms with Gasteiger partial charge in [0.05, 0.1) is 17.3 Å². The van der Waals surface area contributed by atoms with E-state index in [1.54, 1.807) is 0 Å². The van der Waals surface area contributed by atoms with Gasteiger partial charge in [-0.25, -0.2) is 13.6 Å². The van der Waals surface area contributed by atoms with Gasteiger partial charge in [-0.1, -0.05) is 0 Å². The minimum Gasteiger partial charge on any atom is -0.493 e. The number of rotatable bonds is 6. The van der Waals surface area contributed by atoms with E-state index in [1.807, 2.05) is 0 Å². The van der Waals surface area contributed by atoms with Crippen molar-refractivity contribution in [3.63, 3.8) is 0 Å². The molecule has 1 aromatic rings. The number of nitro benzene ring substituents is 1. The molecule has 0 aliphatic carbocycles. The van der Waals surface area contributed by atoms with Crippen molar-refractivity contribution < 1.29 is 22.5 Å². The van der Waals surface area contributed by atoms with Crippen molar-refractivity contribution in [3.05, 3.63) is 34.1 Å². The fraction of sp³-hybridized carbons (Fsp3) is 0.333. The van der Waals surface area contributed by atoms with Crippen LogP contribution in [-0.2, 0) is 10.0 Å². The first-order valence-corrected chi connectivity index (χ1v) is 6.58.